The number of rotatable bonds is 2. The number of amides is 1. The summed E-state index contributed by atoms with van der Waals surface area (Å²) in [6.07, 6.45) is 0.832. The highest BCUT2D eigenvalue weighted by atomic mass is 79.9. The van der Waals surface area contributed by atoms with Crippen molar-refractivity contribution in [2.24, 2.45) is 0 Å². The summed E-state index contributed by atoms with van der Waals surface area (Å²) in [4.78, 5) is 18.0. The molecule has 2 aromatic rings. The lowest BCUT2D eigenvalue weighted by Crippen LogP contribution is -2.31. The van der Waals surface area contributed by atoms with Gasteiger partial charge in [-0.15, -0.1) is 0 Å². The summed E-state index contributed by atoms with van der Waals surface area (Å²) in [7, 11) is 0. The summed E-state index contributed by atoms with van der Waals surface area (Å²) in [6.45, 7) is 0. The fourth-order valence-electron chi connectivity index (χ4n) is 2.51. The van der Waals surface area contributed by atoms with Gasteiger partial charge in [-0.25, -0.2) is 4.98 Å². The first kappa shape index (κ1) is 14.5. The molecule has 1 aliphatic rings. The minimum atomic E-state index is -1.01. The first-order valence-corrected chi connectivity index (χ1v) is 7.61. The maximum Gasteiger partial charge on any atom is 0.257 e. The van der Waals surface area contributed by atoms with E-state index in [4.69, 9.17) is 11.6 Å². The Morgan fingerprint density at radius 1 is 1.33 bits per heavy atom. The first-order valence-electron chi connectivity index (χ1n) is 6.44. The van der Waals surface area contributed by atoms with Crippen molar-refractivity contribution in [3.8, 4) is 0 Å². The number of carbonyl (C=O) groups is 1. The lowest BCUT2D eigenvalue weighted by atomic mass is 10.0. The molecule has 1 aliphatic heterocycles. The number of halogens is 2. The average Bonchev–Trinajstić information content (AvgIpc) is 2.76. The van der Waals surface area contributed by atoms with Crippen molar-refractivity contribution in [3.63, 3.8) is 0 Å². The van der Waals surface area contributed by atoms with Crippen LogP contribution in [0.15, 0.2) is 47.1 Å². The maximum atomic E-state index is 12.3. The summed E-state index contributed by atoms with van der Waals surface area (Å²) in [5.74, 6) is 0.153. The molecule has 1 aromatic heterocycles. The van der Waals surface area contributed by atoms with Crippen LogP contribution in [-0.4, -0.2) is 22.1 Å². The zero-order chi connectivity index (χ0) is 15.0. The predicted octanol–water partition coefficient (Wildman–Crippen LogP) is 3.34. The van der Waals surface area contributed by atoms with Crippen LogP contribution < -0.4 is 4.90 Å². The number of hydrogen-bond donors (Lipinski definition) is 1. The van der Waals surface area contributed by atoms with Crippen LogP contribution in [0.4, 0.5) is 5.82 Å². The van der Waals surface area contributed by atoms with E-state index < -0.39 is 6.10 Å². The van der Waals surface area contributed by atoms with E-state index in [9.17, 15) is 9.90 Å². The SMILES string of the molecule is O=C1[C@@H](O)C[C@@H](c2cccc(Br)c2)N1c1ccc(Cl)cn1. The molecule has 0 bridgehead atoms. The maximum absolute atomic E-state index is 12.3. The lowest BCUT2D eigenvalue weighted by molar-refractivity contribution is -0.124. The highest BCUT2D eigenvalue weighted by molar-refractivity contribution is 9.10. The van der Waals surface area contributed by atoms with E-state index in [2.05, 4.69) is 20.9 Å². The Bertz CT molecular complexity index is 678. The monoisotopic (exact) mass is 366 g/mol. The van der Waals surface area contributed by atoms with E-state index in [0.717, 1.165) is 10.0 Å². The third-order valence-corrected chi connectivity index (χ3v) is 4.19. The number of aliphatic hydroxyl groups excluding tert-OH is 1. The zero-order valence-electron chi connectivity index (χ0n) is 10.9. The van der Waals surface area contributed by atoms with Gasteiger partial charge in [0, 0.05) is 17.1 Å². The van der Waals surface area contributed by atoms with Gasteiger partial charge in [0.1, 0.15) is 11.9 Å². The van der Waals surface area contributed by atoms with Crippen molar-refractivity contribution in [3.05, 3.63) is 57.7 Å². The van der Waals surface area contributed by atoms with Gasteiger partial charge in [0.25, 0.3) is 5.91 Å². The first-order chi connectivity index (χ1) is 10.1. The third-order valence-electron chi connectivity index (χ3n) is 3.47. The molecule has 0 saturated carbocycles. The van der Waals surface area contributed by atoms with E-state index >= 15 is 0 Å². The molecule has 2 heterocycles. The van der Waals surface area contributed by atoms with Crippen LogP contribution in [0, 0.1) is 0 Å². The molecule has 21 heavy (non-hydrogen) atoms. The predicted molar refractivity (Wildman–Crippen MR) is 84.2 cm³/mol. The van der Waals surface area contributed by atoms with Gasteiger partial charge in [0.15, 0.2) is 0 Å². The Morgan fingerprint density at radius 3 is 2.81 bits per heavy atom. The number of carbonyl (C=O) groups excluding carboxylic acids is 1. The van der Waals surface area contributed by atoms with Gasteiger partial charge < -0.3 is 5.11 Å². The molecule has 1 N–H and O–H groups in total. The van der Waals surface area contributed by atoms with Crippen molar-refractivity contribution >= 4 is 39.3 Å². The van der Waals surface area contributed by atoms with Gasteiger partial charge >= 0.3 is 0 Å². The second kappa shape index (κ2) is 5.75. The van der Waals surface area contributed by atoms with E-state index in [1.54, 1.807) is 12.1 Å². The fourth-order valence-corrected chi connectivity index (χ4v) is 3.04. The highest BCUT2D eigenvalue weighted by Gasteiger charge is 2.40. The topological polar surface area (TPSA) is 53.4 Å². The number of benzene rings is 1. The van der Waals surface area contributed by atoms with Crippen LogP contribution in [-0.2, 0) is 4.79 Å². The Hall–Kier alpha value is -1.43. The standard InChI is InChI=1S/C15H12BrClN2O2/c16-10-3-1-2-9(6-10)12-7-13(20)15(21)19(12)14-5-4-11(17)8-18-14/h1-6,8,12-13,20H,7H2/t12-,13-/m0/s1. The molecule has 0 spiro atoms. The van der Waals surface area contributed by atoms with E-state index in [1.165, 1.54) is 11.1 Å². The summed E-state index contributed by atoms with van der Waals surface area (Å²) in [6, 6.07) is 10.8. The Kier molecular flexibility index (Phi) is 3.97. The Balaban J connectivity index is 2.02. The van der Waals surface area contributed by atoms with Crippen LogP contribution in [0.2, 0.25) is 5.02 Å². The summed E-state index contributed by atoms with van der Waals surface area (Å²) in [5.41, 5.74) is 0.950. The molecule has 0 unspecified atom stereocenters. The van der Waals surface area contributed by atoms with E-state index in [0.29, 0.717) is 17.3 Å². The van der Waals surface area contributed by atoms with Gasteiger partial charge in [0.2, 0.25) is 0 Å². The van der Waals surface area contributed by atoms with Gasteiger partial charge in [0.05, 0.1) is 11.1 Å². The molecule has 0 radical (unpaired) electrons. The molecule has 1 aromatic carbocycles. The van der Waals surface area contributed by atoms with Crippen LogP contribution in [0.5, 0.6) is 0 Å². The van der Waals surface area contributed by atoms with Gasteiger partial charge in [-0.3, -0.25) is 9.69 Å². The lowest BCUT2D eigenvalue weighted by Gasteiger charge is -2.24. The minimum absolute atomic E-state index is 0.237. The summed E-state index contributed by atoms with van der Waals surface area (Å²) < 4.78 is 0.929. The number of nitrogens with zero attached hydrogens (tertiary/aromatic N) is 2. The Morgan fingerprint density at radius 2 is 2.14 bits per heavy atom. The van der Waals surface area contributed by atoms with Crippen LogP contribution in [0.25, 0.3) is 0 Å². The smallest absolute Gasteiger partial charge is 0.257 e. The number of anilines is 1. The zero-order valence-corrected chi connectivity index (χ0v) is 13.3. The molecule has 1 amide bonds. The normalized spacial score (nSPS) is 21.9. The number of pyridine rings is 1. The second-order valence-electron chi connectivity index (χ2n) is 4.87. The number of aliphatic hydroxyl groups is 1. The molecule has 4 nitrogen and oxygen atoms in total. The van der Waals surface area contributed by atoms with Gasteiger partial charge in [-0.1, -0.05) is 39.7 Å². The quantitative estimate of drug-likeness (QED) is 0.886. The molecule has 0 aliphatic carbocycles. The van der Waals surface area contributed by atoms with Crippen LogP contribution in [0.1, 0.15) is 18.0 Å². The minimum Gasteiger partial charge on any atom is -0.383 e. The molecule has 1 fully saturated rings. The van der Waals surface area contributed by atoms with E-state index in [1.807, 2.05) is 24.3 Å². The van der Waals surface area contributed by atoms with Crippen molar-refractivity contribution < 1.29 is 9.90 Å². The molecule has 3 rings (SSSR count). The van der Waals surface area contributed by atoms with Crippen LogP contribution in [0.3, 0.4) is 0 Å². The molecule has 108 valence electrons. The largest absolute Gasteiger partial charge is 0.383 e. The molecular weight excluding hydrogens is 356 g/mol. The summed E-state index contributed by atoms with van der Waals surface area (Å²) >= 11 is 9.26. The molecule has 6 heteroatoms. The van der Waals surface area contributed by atoms with E-state index in [-0.39, 0.29) is 11.9 Å². The Labute approximate surface area is 135 Å². The summed E-state index contributed by atoms with van der Waals surface area (Å²) in [5, 5.41) is 10.4. The number of aromatic nitrogens is 1. The molecule has 1 saturated heterocycles. The van der Waals surface area contributed by atoms with Crippen molar-refractivity contribution in [1.29, 1.82) is 0 Å². The van der Waals surface area contributed by atoms with Crippen molar-refractivity contribution in [2.45, 2.75) is 18.6 Å². The molecule has 2 atom stereocenters. The average molecular weight is 368 g/mol. The van der Waals surface area contributed by atoms with Crippen molar-refractivity contribution in [1.82, 2.24) is 4.98 Å². The number of hydrogen-bond acceptors (Lipinski definition) is 3. The molecular formula is C15H12BrClN2O2. The van der Waals surface area contributed by atoms with Gasteiger partial charge in [-0.2, -0.15) is 0 Å². The second-order valence-corrected chi connectivity index (χ2v) is 6.22. The van der Waals surface area contributed by atoms with Gasteiger partial charge in [-0.05, 0) is 29.8 Å². The third kappa shape index (κ3) is 2.81. The fraction of sp³-hybridized carbons (Fsp3) is 0.200. The van der Waals surface area contributed by atoms with Crippen LogP contribution >= 0.6 is 27.5 Å². The van der Waals surface area contributed by atoms with Crippen molar-refractivity contribution in [2.75, 3.05) is 4.90 Å². The highest BCUT2D eigenvalue weighted by Crippen LogP contribution is 2.37.